The van der Waals surface area contributed by atoms with E-state index < -0.39 is 7.41 Å². The van der Waals surface area contributed by atoms with Crippen LogP contribution in [0.25, 0.3) is 0 Å². The Balaban J connectivity index is 0.00000240. The highest BCUT2D eigenvalue weighted by Crippen LogP contribution is 2.55. The Morgan fingerprint density at radius 3 is 1.45 bits per heavy atom. The Kier molecular flexibility index (Phi) is 6.84. The topological polar surface area (TPSA) is 12.0 Å². The molecule has 1 N–H and O–H groups in total. The van der Waals surface area contributed by atoms with E-state index in [2.05, 4.69) is 77.9 Å². The second-order valence-corrected chi connectivity index (χ2v) is 9.86. The number of benzene rings is 4. The van der Waals surface area contributed by atoms with Gasteiger partial charge in [-0.3, -0.25) is 0 Å². The highest BCUT2D eigenvalue weighted by Gasteiger charge is 2.46. The Bertz CT molecular complexity index is 959. The van der Waals surface area contributed by atoms with Crippen LogP contribution in [0.2, 0.25) is 0 Å². The number of aryl methyl sites for hydroxylation is 1. The predicted octanol–water partition coefficient (Wildman–Crippen LogP) is 2.46. The summed E-state index contributed by atoms with van der Waals surface area (Å²) in [5.74, 6) is -0.236. The van der Waals surface area contributed by atoms with Gasteiger partial charge in [0.25, 0.3) is 0 Å². The highest BCUT2D eigenvalue weighted by atomic mass is 79.9. The van der Waals surface area contributed by atoms with E-state index >= 15 is 0 Å². The van der Waals surface area contributed by atoms with Gasteiger partial charge in [-0.1, -0.05) is 60.7 Å². The van der Waals surface area contributed by atoms with Crippen molar-refractivity contribution in [3.8, 4) is 0 Å². The predicted molar refractivity (Wildman–Crippen MR) is 120 cm³/mol. The first-order valence-corrected chi connectivity index (χ1v) is 11.1. The second-order valence-electron chi connectivity index (χ2n) is 6.75. The van der Waals surface area contributed by atoms with Gasteiger partial charge in [-0.05, 0) is 55.0 Å². The monoisotopic (exact) mass is 465 g/mol. The molecular formula is C25H22BrFNP. The molecule has 4 aromatic rings. The molecule has 0 amide bonds. The van der Waals surface area contributed by atoms with E-state index in [1.54, 1.807) is 6.07 Å². The first kappa shape index (κ1) is 21.2. The van der Waals surface area contributed by atoms with Gasteiger partial charge in [-0.25, -0.2) is 9.48 Å². The zero-order valence-electron chi connectivity index (χ0n) is 16.1. The maximum absolute atomic E-state index is 14.1. The summed E-state index contributed by atoms with van der Waals surface area (Å²) >= 11 is 0. The maximum Gasteiger partial charge on any atom is 0.199 e. The lowest BCUT2D eigenvalue weighted by molar-refractivity contribution is -0.00000608. The minimum Gasteiger partial charge on any atom is -1.00 e. The minimum absolute atomic E-state index is 0. The molecule has 4 rings (SSSR count). The molecule has 1 nitrogen and oxygen atoms in total. The molecule has 0 atom stereocenters. The molecule has 0 heterocycles. The molecule has 0 bridgehead atoms. The standard InChI is InChI=1S/C25H22FNP.BrH/c1-20-17-18-21(26)19-25(20)27-28(22-11-5-2-6-12-22,23-13-7-3-8-14-23)24-15-9-4-10-16-24;/h2-19,27H,1H3;1H/q+1;/p-1. The molecule has 4 aromatic carbocycles. The van der Waals surface area contributed by atoms with E-state index in [9.17, 15) is 4.39 Å². The van der Waals surface area contributed by atoms with Crippen LogP contribution in [0.5, 0.6) is 0 Å². The van der Waals surface area contributed by atoms with Crippen LogP contribution in [0.15, 0.2) is 109 Å². The fourth-order valence-electron chi connectivity index (χ4n) is 3.49. The summed E-state index contributed by atoms with van der Waals surface area (Å²) in [5, 5.41) is 7.44. The van der Waals surface area contributed by atoms with Crippen molar-refractivity contribution in [2.24, 2.45) is 0 Å². The molecule has 146 valence electrons. The molecule has 0 radical (unpaired) electrons. The van der Waals surface area contributed by atoms with Crippen LogP contribution in [0.4, 0.5) is 10.1 Å². The molecule has 0 fully saturated rings. The number of anilines is 1. The molecule has 0 spiro atoms. The quantitative estimate of drug-likeness (QED) is 0.446. The third kappa shape index (κ3) is 4.27. The minimum atomic E-state index is -2.24. The average molecular weight is 466 g/mol. The summed E-state index contributed by atoms with van der Waals surface area (Å²) < 4.78 is 14.1. The van der Waals surface area contributed by atoms with Gasteiger partial charge in [0.1, 0.15) is 21.7 Å². The van der Waals surface area contributed by atoms with Crippen LogP contribution < -0.4 is 38.0 Å². The van der Waals surface area contributed by atoms with E-state index in [0.717, 1.165) is 11.3 Å². The Hall–Kier alpha value is -2.48. The van der Waals surface area contributed by atoms with Crippen molar-refractivity contribution in [2.45, 2.75) is 6.92 Å². The summed E-state index contributed by atoms with van der Waals surface area (Å²) in [4.78, 5) is 0. The van der Waals surface area contributed by atoms with E-state index in [4.69, 9.17) is 0 Å². The van der Waals surface area contributed by atoms with Gasteiger partial charge in [0.15, 0.2) is 7.41 Å². The van der Waals surface area contributed by atoms with E-state index in [-0.39, 0.29) is 22.8 Å². The summed E-state index contributed by atoms with van der Waals surface area (Å²) in [6.07, 6.45) is 0. The van der Waals surface area contributed by atoms with Crippen LogP contribution in [0, 0.1) is 12.7 Å². The first-order chi connectivity index (χ1) is 13.7. The van der Waals surface area contributed by atoms with Crippen molar-refractivity contribution in [1.29, 1.82) is 0 Å². The van der Waals surface area contributed by atoms with E-state index in [1.165, 1.54) is 22.0 Å². The Morgan fingerprint density at radius 1 is 0.621 bits per heavy atom. The van der Waals surface area contributed by atoms with Crippen molar-refractivity contribution in [3.05, 3.63) is 121 Å². The fraction of sp³-hybridized carbons (Fsp3) is 0.0400. The van der Waals surface area contributed by atoms with Gasteiger partial charge < -0.3 is 17.0 Å². The number of nitrogens with one attached hydrogen (secondary N) is 1. The molecule has 29 heavy (non-hydrogen) atoms. The van der Waals surface area contributed by atoms with Crippen molar-refractivity contribution < 1.29 is 21.4 Å². The third-order valence-corrected chi connectivity index (χ3v) is 8.71. The molecule has 0 saturated heterocycles. The smallest absolute Gasteiger partial charge is 0.199 e. The SMILES string of the molecule is Cc1ccc(F)cc1N[P+](c1ccccc1)(c1ccccc1)c1ccccc1.[Br-]. The van der Waals surface area contributed by atoms with Gasteiger partial charge in [0.05, 0.1) is 5.69 Å². The van der Waals surface area contributed by atoms with E-state index in [0.29, 0.717) is 0 Å². The lowest BCUT2D eigenvalue weighted by atomic mass is 10.2. The Labute approximate surface area is 182 Å². The molecule has 0 aromatic heterocycles. The lowest BCUT2D eigenvalue weighted by Gasteiger charge is -2.29. The maximum atomic E-state index is 14.1. The normalized spacial score (nSPS) is 10.8. The molecule has 0 aliphatic heterocycles. The van der Waals surface area contributed by atoms with Crippen molar-refractivity contribution >= 4 is 29.0 Å². The zero-order valence-corrected chi connectivity index (χ0v) is 18.6. The second kappa shape index (κ2) is 9.35. The third-order valence-electron chi connectivity index (χ3n) is 4.92. The van der Waals surface area contributed by atoms with Gasteiger partial charge in [-0.2, -0.15) is 0 Å². The first-order valence-electron chi connectivity index (χ1n) is 9.30. The fourth-order valence-corrected chi connectivity index (χ4v) is 7.23. The summed E-state index contributed by atoms with van der Waals surface area (Å²) in [7, 11) is -2.24. The number of hydrogen-bond acceptors (Lipinski definition) is 1. The largest absolute Gasteiger partial charge is 1.00 e. The molecular weight excluding hydrogens is 444 g/mol. The van der Waals surface area contributed by atoms with Crippen LogP contribution in [0.1, 0.15) is 5.56 Å². The Morgan fingerprint density at radius 2 is 1.03 bits per heavy atom. The summed E-state index contributed by atoms with van der Waals surface area (Å²) in [6, 6.07) is 36.4. The highest BCUT2D eigenvalue weighted by molar-refractivity contribution is 7.96. The summed E-state index contributed by atoms with van der Waals surface area (Å²) in [5.41, 5.74) is 1.85. The molecule has 0 unspecified atom stereocenters. The average Bonchev–Trinajstić information content (AvgIpc) is 2.76. The number of rotatable bonds is 5. The van der Waals surface area contributed by atoms with Gasteiger partial charge in [-0.15, -0.1) is 0 Å². The van der Waals surface area contributed by atoms with Crippen LogP contribution in [-0.2, 0) is 0 Å². The van der Waals surface area contributed by atoms with Crippen LogP contribution >= 0.6 is 7.41 Å². The van der Waals surface area contributed by atoms with Gasteiger partial charge >= 0.3 is 0 Å². The molecule has 0 aliphatic rings. The van der Waals surface area contributed by atoms with Gasteiger partial charge in [0, 0.05) is 6.07 Å². The zero-order chi connectivity index (χ0) is 19.4. The lowest BCUT2D eigenvalue weighted by Crippen LogP contribution is -3.00. The van der Waals surface area contributed by atoms with E-state index in [1.807, 2.05) is 31.2 Å². The van der Waals surface area contributed by atoms with Crippen molar-refractivity contribution in [3.63, 3.8) is 0 Å². The van der Waals surface area contributed by atoms with Crippen LogP contribution in [0.3, 0.4) is 0 Å². The van der Waals surface area contributed by atoms with Gasteiger partial charge in [0.2, 0.25) is 0 Å². The van der Waals surface area contributed by atoms with Crippen molar-refractivity contribution in [1.82, 2.24) is 0 Å². The van der Waals surface area contributed by atoms with Crippen molar-refractivity contribution in [2.75, 3.05) is 5.09 Å². The molecule has 0 saturated carbocycles. The molecule has 0 aliphatic carbocycles. The summed E-state index contributed by atoms with van der Waals surface area (Å²) in [6.45, 7) is 2.01. The number of hydrogen-bond donors (Lipinski definition) is 1. The number of halogens is 2. The molecule has 4 heteroatoms. The van der Waals surface area contributed by atoms with Crippen LogP contribution in [-0.4, -0.2) is 0 Å².